The lowest BCUT2D eigenvalue weighted by Gasteiger charge is -2.13. The molecule has 1 unspecified atom stereocenters. The fourth-order valence-corrected chi connectivity index (χ4v) is 2.35. The van der Waals surface area contributed by atoms with Crippen molar-refractivity contribution in [1.29, 1.82) is 0 Å². The van der Waals surface area contributed by atoms with E-state index in [0.717, 1.165) is 12.1 Å². The third kappa shape index (κ3) is 2.69. The zero-order valence-electron chi connectivity index (χ0n) is 10.8. The summed E-state index contributed by atoms with van der Waals surface area (Å²) >= 11 is 6.02. The van der Waals surface area contributed by atoms with Gasteiger partial charge in [-0.1, -0.05) is 11.6 Å². The number of nitrogens with zero attached hydrogens (tertiary/aromatic N) is 2. The minimum Gasteiger partial charge on any atom is -0.381 e. The molecule has 1 fully saturated rings. The highest BCUT2D eigenvalue weighted by Crippen LogP contribution is 2.25. The molecule has 1 aromatic heterocycles. The van der Waals surface area contributed by atoms with Gasteiger partial charge in [0.05, 0.1) is 23.9 Å². The van der Waals surface area contributed by atoms with Crippen molar-refractivity contribution >= 4 is 23.2 Å². The molecule has 1 aromatic carbocycles. The van der Waals surface area contributed by atoms with E-state index in [1.807, 2.05) is 6.07 Å². The molecule has 5 nitrogen and oxygen atoms in total. The second-order valence-corrected chi connectivity index (χ2v) is 5.10. The molecule has 6 heteroatoms. The topological polar surface area (TPSA) is 56.2 Å². The summed E-state index contributed by atoms with van der Waals surface area (Å²) in [6, 6.07) is 7.12. The summed E-state index contributed by atoms with van der Waals surface area (Å²) in [5.41, 5.74) is 1.43. The number of carbonyl (C=O) groups excluding carboxylic acids is 1. The van der Waals surface area contributed by atoms with Gasteiger partial charge >= 0.3 is 0 Å². The van der Waals surface area contributed by atoms with Crippen LogP contribution in [0, 0.1) is 5.92 Å². The van der Waals surface area contributed by atoms with Crippen LogP contribution in [0.5, 0.6) is 0 Å². The molecule has 1 saturated heterocycles. The van der Waals surface area contributed by atoms with Gasteiger partial charge in [0.2, 0.25) is 5.91 Å². The van der Waals surface area contributed by atoms with Gasteiger partial charge in [-0.25, -0.2) is 4.68 Å². The number of aromatic nitrogens is 2. The number of benzene rings is 1. The van der Waals surface area contributed by atoms with Crippen LogP contribution in [0.2, 0.25) is 5.02 Å². The number of rotatable bonds is 3. The van der Waals surface area contributed by atoms with Crippen LogP contribution in [0.25, 0.3) is 5.69 Å². The number of hydrogen-bond acceptors (Lipinski definition) is 3. The Kier molecular flexibility index (Phi) is 3.71. The van der Waals surface area contributed by atoms with E-state index in [4.69, 9.17) is 16.3 Å². The molecule has 3 rings (SSSR count). The van der Waals surface area contributed by atoms with Crippen LogP contribution in [0.4, 0.5) is 5.69 Å². The van der Waals surface area contributed by atoms with Crippen molar-refractivity contribution < 1.29 is 9.53 Å². The first-order chi connectivity index (χ1) is 9.74. The lowest BCUT2D eigenvalue weighted by molar-refractivity contribution is -0.119. The number of ether oxygens (including phenoxy) is 1. The number of anilines is 1. The maximum atomic E-state index is 12.2. The van der Waals surface area contributed by atoms with Crippen LogP contribution < -0.4 is 5.32 Å². The van der Waals surface area contributed by atoms with Gasteiger partial charge < -0.3 is 10.1 Å². The predicted molar refractivity (Wildman–Crippen MR) is 76.1 cm³/mol. The van der Waals surface area contributed by atoms with E-state index in [1.165, 1.54) is 0 Å². The highest BCUT2D eigenvalue weighted by atomic mass is 35.5. The van der Waals surface area contributed by atoms with E-state index >= 15 is 0 Å². The van der Waals surface area contributed by atoms with Crippen molar-refractivity contribution in [2.45, 2.75) is 6.42 Å². The SMILES string of the molecule is O=C(Nc1ccc(Cl)cc1-n1cccn1)C1CCOC1. The van der Waals surface area contributed by atoms with Crippen LogP contribution in [0.15, 0.2) is 36.7 Å². The molecule has 20 heavy (non-hydrogen) atoms. The van der Waals surface area contributed by atoms with Crippen LogP contribution in [-0.2, 0) is 9.53 Å². The normalized spacial score (nSPS) is 18.1. The monoisotopic (exact) mass is 291 g/mol. The molecular formula is C14H14ClN3O2. The van der Waals surface area contributed by atoms with Gasteiger partial charge in [0.25, 0.3) is 0 Å². The van der Waals surface area contributed by atoms with Gasteiger partial charge in [-0.2, -0.15) is 5.10 Å². The van der Waals surface area contributed by atoms with Gasteiger partial charge in [-0.15, -0.1) is 0 Å². The van der Waals surface area contributed by atoms with E-state index in [2.05, 4.69) is 10.4 Å². The molecule has 1 aliphatic rings. The molecule has 1 N–H and O–H groups in total. The first-order valence-corrected chi connectivity index (χ1v) is 6.80. The minimum atomic E-state index is -0.0869. The summed E-state index contributed by atoms with van der Waals surface area (Å²) in [6.45, 7) is 1.13. The van der Waals surface area contributed by atoms with E-state index in [9.17, 15) is 4.79 Å². The molecule has 1 atom stereocenters. The van der Waals surface area contributed by atoms with Crippen LogP contribution in [0.3, 0.4) is 0 Å². The van der Waals surface area contributed by atoms with E-state index in [-0.39, 0.29) is 11.8 Å². The molecule has 0 radical (unpaired) electrons. The van der Waals surface area contributed by atoms with Crippen molar-refractivity contribution in [3.05, 3.63) is 41.7 Å². The molecule has 0 saturated carbocycles. The van der Waals surface area contributed by atoms with Crippen LogP contribution in [-0.4, -0.2) is 28.9 Å². The highest BCUT2D eigenvalue weighted by Gasteiger charge is 2.24. The van der Waals surface area contributed by atoms with E-state index in [0.29, 0.717) is 23.9 Å². The average molecular weight is 292 g/mol. The summed E-state index contributed by atoms with van der Waals surface area (Å²) in [6.07, 6.45) is 4.24. The zero-order chi connectivity index (χ0) is 13.9. The fraction of sp³-hybridized carbons (Fsp3) is 0.286. The van der Waals surface area contributed by atoms with Crippen molar-refractivity contribution in [1.82, 2.24) is 9.78 Å². The molecule has 1 amide bonds. The van der Waals surface area contributed by atoms with Crippen LogP contribution >= 0.6 is 11.6 Å². The Bertz CT molecular complexity index is 607. The van der Waals surface area contributed by atoms with Crippen molar-refractivity contribution in [3.8, 4) is 5.69 Å². The Labute approximate surface area is 121 Å². The quantitative estimate of drug-likeness (QED) is 0.945. The van der Waals surface area contributed by atoms with Gasteiger partial charge in [0.1, 0.15) is 0 Å². The number of nitrogens with one attached hydrogen (secondary N) is 1. The number of halogens is 1. The van der Waals surface area contributed by atoms with E-state index < -0.39 is 0 Å². The third-order valence-electron chi connectivity index (χ3n) is 3.27. The highest BCUT2D eigenvalue weighted by molar-refractivity contribution is 6.30. The molecule has 0 spiro atoms. The van der Waals surface area contributed by atoms with Crippen molar-refractivity contribution in [3.63, 3.8) is 0 Å². The van der Waals surface area contributed by atoms with Crippen molar-refractivity contribution in [2.24, 2.45) is 5.92 Å². The lowest BCUT2D eigenvalue weighted by Crippen LogP contribution is -2.23. The second kappa shape index (κ2) is 5.64. The summed E-state index contributed by atoms with van der Waals surface area (Å²) in [4.78, 5) is 12.2. The summed E-state index contributed by atoms with van der Waals surface area (Å²) in [5.74, 6) is -0.116. The minimum absolute atomic E-state index is 0.0294. The summed E-state index contributed by atoms with van der Waals surface area (Å²) in [7, 11) is 0. The number of hydrogen-bond donors (Lipinski definition) is 1. The third-order valence-corrected chi connectivity index (χ3v) is 3.50. The molecule has 0 aliphatic carbocycles. The summed E-state index contributed by atoms with van der Waals surface area (Å²) in [5, 5.41) is 7.70. The standard InChI is InChI=1S/C14H14ClN3O2/c15-11-2-3-12(13(8-11)18-6-1-5-16-18)17-14(19)10-4-7-20-9-10/h1-3,5-6,8,10H,4,7,9H2,(H,17,19). The Morgan fingerprint density at radius 2 is 2.40 bits per heavy atom. The number of amides is 1. The number of carbonyl (C=O) groups is 1. The zero-order valence-corrected chi connectivity index (χ0v) is 11.5. The largest absolute Gasteiger partial charge is 0.381 e. The molecule has 1 aliphatic heterocycles. The predicted octanol–water partition coefficient (Wildman–Crippen LogP) is 2.50. The maximum Gasteiger partial charge on any atom is 0.229 e. The summed E-state index contributed by atoms with van der Waals surface area (Å²) < 4.78 is 6.91. The lowest BCUT2D eigenvalue weighted by atomic mass is 10.1. The molecule has 104 valence electrons. The van der Waals surface area contributed by atoms with Gasteiger partial charge in [-0.05, 0) is 30.7 Å². The van der Waals surface area contributed by atoms with Gasteiger partial charge in [0.15, 0.2) is 0 Å². The van der Waals surface area contributed by atoms with Crippen LogP contribution in [0.1, 0.15) is 6.42 Å². The maximum absolute atomic E-state index is 12.2. The molecule has 2 heterocycles. The first-order valence-electron chi connectivity index (χ1n) is 6.42. The van der Waals surface area contributed by atoms with Crippen molar-refractivity contribution in [2.75, 3.05) is 18.5 Å². The Morgan fingerprint density at radius 1 is 1.50 bits per heavy atom. The second-order valence-electron chi connectivity index (χ2n) is 4.66. The Balaban J connectivity index is 1.87. The van der Waals surface area contributed by atoms with Gasteiger partial charge in [0, 0.05) is 24.0 Å². The fourth-order valence-electron chi connectivity index (χ4n) is 2.19. The van der Waals surface area contributed by atoms with Gasteiger partial charge in [-0.3, -0.25) is 4.79 Å². The molecular weight excluding hydrogens is 278 g/mol. The first kappa shape index (κ1) is 13.1. The smallest absolute Gasteiger partial charge is 0.229 e. The van der Waals surface area contributed by atoms with E-state index in [1.54, 1.807) is 35.3 Å². The molecule has 0 bridgehead atoms. The Morgan fingerprint density at radius 3 is 3.10 bits per heavy atom. The average Bonchev–Trinajstić information content (AvgIpc) is 3.13. The molecule has 2 aromatic rings. The Hall–Kier alpha value is -1.85.